The normalized spacial score (nSPS) is 10.2. The van der Waals surface area contributed by atoms with E-state index in [1.54, 1.807) is 13.2 Å². The molecule has 0 N–H and O–H groups in total. The van der Waals surface area contributed by atoms with Gasteiger partial charge in [-0.25, -0.2) is 0 Å². The molecule has 0 unspecified atom stereocenters. The van der Waals surface area contributed by atoms with E-state index in [1.165, 1.54) is 0 Å². The molecule has 78 valence electrons. The molecule has 0 aliphatic heterocycles. The molecule has 2 rings (SSSR count). The number of nitrogens with zero attached hydrogens (tertiary/aromatic N) is 1. The van der Waals surface area contributed by atoms with Crippen LogP contribution in [0.4, 0.5) is 0 Å². The molecule has 0 amide bonds. The van der Waals surface area contributed by atoms with Gasteiger partial charge in [0.2, 0.25) is 0 Å². The van der Waals surface area contributed by atoms with E-state index in [2.05, 4.69) is 5.16 Å². The summed E-state index contributed by atoms with van der Waals surface area (Å²) in [6.45, 7) is 0.167. The van der Waals surface area contributed by atoms with Gasteiger partial charge in [-0.1, -0.05) is 30.3 Å². The van der Waals surface area contributed by atoms with E-state index in [0.717, 1.165) is 5.56 Å². The topological polar surface area (TPSA) is 44.5 Å². The Morgan fingerprint density at radius 2 is 2.07 bits per heavy atom. The van der Waals surface area contributed by atoms with Crippen LogP contribution < -0.4 is 4.74 Å². The molecular formula is C11H11NO3. The molecule has 0 saturated carbocycles. The molecule has 1 heterocycles. The van der Waals surface area contributed by atoms with E-state index in [-0.39, 0.29) is 6.79 Å². The summed E-state index contributed by atoms with van der Waals surface area (Å²) >= 11 is 0. The van der Waals surface area contributed by atoms with E-state index in [4.69, 9.17) is 14.0 Å². The minimum absolute atomic E-state index is 0.167. The van der Waals surface area contributed by atoms with Gasteiger partial charge in [-0.2, -0.15) is 0 Å². The first-order chi connectivity index (χ1) is 7.40. The van der Waals surface area contributed by atoms with E-state index < -0.39 is 0 Å². The maximum absolute atomic E-state index is 5.13. The zero-order valence-electron chi connectivity index (χ0n) is 8.34. The zero-order chi connectivity index (χ0) is 10.5. The van der Waals surface area contributed by atoms with Crippen LogP contribution in [-0.4, -0.2) is 19.1 Å². The number of aromatic nitrogens is 1. The summed E-state index contributed by atoms with van der Waals surface area (Å²) in [5.41, 5.74) is 0.970. The molecule has 0 fully saturated rings. The van der Waals surface area contributed by atoms with Crippen molar-refractivity contribution in [1.82, 2.24) is 5.16 Å². The molecule has 4 heteroatoms. The summed E-state index contributed by atoms with van der Waals surface area (Å²) in [6.07, 6.45) is 0. The zero-order valence-corrected chi connectivity index (χ0v) is 8.34. The predicted molar refractivity (Wildman–Crippen MR) is 54.4 cm³/mol. The number of hydrogen-bond donors (Lipinski definition) is 0. The SMILES string of the molecule is COCOc1cc(-c2ccccc2)on1. The van der Waals surface area contributed by atoms with Crippen LogP contribution in [0.5, 0.6) is 5.88 Å². The highest BCUT2D eigenvalue weighted by Crippen LogP contribution is 2.22. The molecule has 1 aromatic carbocycles. The van der Waals surface area contributed by atoms with Gasteiger partial charge in [-0.15, -0.1) is 0 Å². The van der Waals surface area contributed by atoms with Crippen molar-refractivity contribution in [2.45, 2.75) is 0 Å². The lowest BCUT2D eigenvalue weighted by Gasteiger charge is -1.96. The highest BCUT2D eigenvalue weighted by atomic mass is 16.7. The van der Waals surface area contributed by atoms with Gasteiger partial charge < -0.3 is 14.0 Å². The van der Waals surface area contributed by atoms with Crippen molar-refractivity contribution in [1.29, 1.82) is 0 Å². The number of rotatable bonds is 4. The standard InChI is InChI=1S/C11H11NO3/c1-13-8-14-11-7-10(15-12-11)9-5-3-2-4-6-9/h2-7H,8H2,1H3. The van der Waals surface area contributed by atoms with Crippen molar-refractivity contribution in [3.05, 3.63) is 36.4 Å². The Hall–Kier alpha value is -1.81. The number of methoxy groups -OCH3 is 1. The Morgan fingerprint density at radius 1 is 1.27 bits per heavy atom. The highest BCUT2D eigenvalue weighted by Gasteiger charge is 2.06. The van der Waals surface area contributed by atoms with Crippen LogP contribution >= 0.6 is 0 Å². The average molecular weight is 205 g/mol. The van der Waals surface area contributed by atoms with Gasteiger partial charge in [0.15, 0.2) is 12.6 Å². The number of benzene rings is 1. The van der Waals surface area contributed by atoms with Gasteiger partial charge in [0.25, 0.3) is 5.88 Å². The van der Waals surface area contributed by atoms with Crippen molar-refractivity contribution in [2.24, 2.45) is 0 Å². The van der Waals surface area contributed by atoms with Crippen molar-refractivity contribution < 1.29 is 14.0 Å². The van der Waals surface area contributed by atoms with E-state index in [9.17, 15) is 0 Å². The van der Waals surface area contributed by atoms with Crippen LogP contribution in [0.3, 0.4) is 0 Å². The fraction of sp³-hybridized carbons (Fsp3) is 0.182. The molecule has 4 nitrogen and oxygen atoms in total. The molecule has 2 aromatic rings. The summed E-state index contributed by atoms with van der Waals surface area (Å²) in [5.74, 6) is 1.11. The molecule has 1 aromatic heterocycles. The van der Waals surface area contributed by atoms with Gasteiger partial charge in [-0.3, -0.25) is 0 Å². The van der Waals surface area contributed by atoms with Crippen LogP contribution in [-0.2, 0) is 4.74 Å². The van der Waals surface area contributed by atoms with E-state index in [0.29, 0.717) is 11.6 Å². The third-order valence-electron chi connectivity index (χ3n) is 1.87. The molecular weight excluding hydrogens is 194 g/mol. The molecule has 0 aliphatic rings. The van der Waals surface area contributed by atoms with Crippen LogP contribution in [0.15, 0.2) is 40.9 Å². The second-order valence-corrected chi connectivity index (χ2v) is 2.95. The smallest absolute Gasteiger partial charge is 0.256 e. The Bertz CT molecular complexity index is 411. The summed E-state index contributed by atoms with van der Waals surface area (Å²) in [4.78, 5) is 0. The minimum atomic E-state index is 0.167. The average Bonchev–Trinajstić information content (AvgIpc) is 2.76. The summed E-state index contributed by atoms with van der Waals surface area (Å²) in [5, 5.41) is 3.75. The first-order valence-corrected chi connectivity index (χ1v) is 4.54. The van der Waals surface area contributed by atoms with Gasteiger partial charge >= 0.3 is 0 Å². The van der Waals surface area contributed by atoms with Crippen LogP contribution in [0, 0.1) is 0 Å². The van der Waals surface area contributed by atoms with Crippen molar-refractivity contribution in [3.63, 3.8) is 0 Å². The number of ether oxygens (including phenoxy) is 2. The Kier molecular flexibility index (Phi) is 2.99. The van der Waals surface area contributed by atoms with E-state index >= 15 is 0 Å². The lowest BCUT2D eigenvalue weighted by atomic mass is 10.2. The second kappa shape index (κ2) is 4.61. The fourth-order valence-corrected chi connectivity index (χ4v) is 1.18. The summed E-state index contributed by atoms with van der Waals surface area (Å²) < 4.78 is 15.0. The molecule has 15 heavy (non-hydrogen) atoms. The molecule has 0 atom stereocenters. The van der Waals surface area contributed by atoms with Gasteiger partial charge in [0, 0.05) is 18.7 Å². The first kappa shape index (κ1) is 9.73. The third-order valence-corrected chi connectivity index (χ3v) is 1.87. The fourth-order valence-electron chi connectivity index (χ4n) is 1.18. The van der Waals surface area contributed by atoms with Crippen LogP contribution in [0.1, 0.15) is 0 Å². The largest absolute Gasteiger partial charge is 0.448 e. The first-order valence-electron chi connectivity index (χ1n) is 4.54. The maximum Gasteiger partial charge on any atom is 0.256 e. The second-order valence-electron chi connectivity index (χ2n) is 2.95. The molecule has 0 radical (unpaired) electrons. The van der Waals surface area contributed by atoms with Crippen LogP contribution in [0.25, 0.3) is 11.3 Å². The summed E-state index contributed by atoms with van der Waals surface area (Å²) in [6, 6.07) is 11.4. The lowest BCUT2D eigenvalue weighted by Crippen LogP contribution is -1.98. The van der Waals surface area contributed by atoms with Crippen molar-refractivity contribution in [2.75, 3.05) is 13.9 Å². The molecule has 0 saturated heterocycles. The predicted octanol–water partition coefficient (Wildman–Crippen LogP) is 2.32. The van der Waals surface area contributed by atoms with Gasteiger partial charge in [-0.05, 0) is 5.16 Å². The quantitative estimate of drug-likeness (QED) is 0.718. The van der Waals surface area contributed by atoms with Crippen molar-refractivity contribution in [3.8, 4) is 17.2 Å². The lowest BCUT2D eigenvalue weighted by molar-refractivity contribution is 0.0453. The van der Waals surface area contributed by atoms with Gasteiger partial charge in [0.1, 0.15) is 0 Å². The Labute approximate surface area is 87.4 Å². The third kappa shape index (κ3) is 2.35. The molecule has 0 bridgehead atoms. The highest BCUT2D eigenvalue weighted by molar-refractivity contribution is 5.57. The van der Waals surface area contributed by atoms with Gasteiger partial charge in [0.05, 0.1) is 0 Å². The van der Waals surface area contributed by atoms with E-state index in [1.807, 2.05) is 30.3 Å². The summed E-state index contributed by atoms with van der Waals surface area (Å²) in [7, 11) is 1.55. The van der Waals surface area contributed by atoms with Crippen molar-refractivity contribution >= 4 is 0 Å². The maximum atomic E-state index is 5.13. The monoisotopic (exact) mass is 205 g/mol. The Morgan fingerprint density at radius 3 is 2.80 bits per heavy atom. The van der Waals surface area contributed by atoms with Crippen LogP contribution in [0.2, 0.25) is 0 Å². The number of hydrogen-bond acceptors (Lipinski definition) is 4. The molecule has 0 spiro atoms. The minimum Gasteiger partial charge on any atom is -0.448 e. The Balaban J connectivity index is 2.14. The molecule has 0 aliphatic carbocycles.